The van der Waals surface area contributed by atoms with Crippen LogP contribution < -0.4 is 5.32 Å². The number of carbonyl (C=O) groups is 1. The van der Waals surface area contributed by atoms with Crippen LogP contribution >= 0.6 is 23.5 Å². The van der Waals surface area contributed by atoms with E-state index >= 15 is 0 Å². The topological polar surface area (TPSA) is 262 Å². The van der Waals surface area contributed by atoms with E-state index < -0.39 is 72.5 Å². The van der Waals surface area contributed by atoms with Crippen molar-refractivity contribution >= 4 is 29.4 Å². The van der Waals surface area contributed by atoms with Crippen molar-refractivity contribution in [1.29, 1.82) is 0 Å². The molecule has 0 saturated carbocycles. The summed E-state index contributed by atoms with van der Waals surface area (Å²) in [6.07, 6.45) is -3.60. The molecule has 17 nitrogen and oxygen atoms in total. The first-order valence-electron chi connectivity index (χ1n) is 8.64. The van der Waals surface area contributed by atoms with E-state index in [1.54, 1.807) is 0 Å². The summed E-state index contributed by atoms with van der Waals surface area (Å²) in [5.41, 5.74) is -3.23. The van der Waals surface area contributed by atoms with Gasteiger partial charge in [0.05, 0.1) is 6.61 Å². The van der Waals surface area contributed by atoms with Crippen molar-refractivity contribution in [2.45, 2.75) is 29.9 Å². The number of aliphatic hydroxyl groups is 3. The summed E-state index contributed by atoms with van der Waals surface area (Å²) < 4.78 is 64.9. The number of hydrogen-bond donors (Lipinski definition) is 8. The van der Waals surface area contributed by atoms with Crippen LogP contribution in [-0.2, 0) is 36.4 Å². The molecule has 0 aromatic rings. The third kappa shape index (κ3) is 6.47. The molecular weight excluding hydrogens is 536 g/mol. The number of halogens is 1. The highest BCUT2D eigenvalue weighted by molar-refractivity contribution is 7.66. The molecule has 2 rings (SSSR count). The standard InChI is InChI=1S/C13H20FN2O15P3/c1-2-4-13(20)9(18)12(6-14,29-10(13)16-5-3-8(17)15-11(16)19)7-28-33(24,25)31-34(26,27)30-32(21,22)23/h3-5,9-11,18-20H,1,6-7H2,(H,15,17)(H,24,25)(H,26,27)(H2,21,22,23)/t9-,10-,11?,12-,13-/m1/s1. The van der Waals surface area contributed by atoms with Crippen LogP contribution in [0.25, 0.3) is 0 Å². The van der Waals surface area contributed by atoms with E-state index in [4.69, 9.17) is 14.5 Å². The Kier molecular flexibility index (Phi) is 8.51. The second-order valence-corrected chi connectivity index (χ2v) is 11.2. The highest BCUT2D eigenvalue weighted by atomic mass is 31.3. The zero-order valence-electron chi connectivity index (χ0n) is 16.6. The number of hydrogen-bond acceptors (Lipinski definition) is 12. The number of ether oxygens (including phenoxy) is 1. The van der Waals surface area contributed by atoms with Gasteiger partial charge in [0, 0.05) is 12.3 Å². The smallest absolute Gasteiger partial charge is 0.386 e. The predicted molar refractivity (Wildman–Crippen MR) is 103 cm³/mol. The van der Waals surface area contributed by atoms with Crippen LogP contribution in [0.4, 0.5) is 4.39 Å². The largest absolute Gasteiger partial charge is 0.490 e. The number of amides is 1. The molecular formula is C13H20FN2O15P3. The zero-order valence-corrected chi connectivity index (χ0v) is 19.3. The lowest BCUT2D eigenvalue weighted by Crippen LogP contribution is -2.60. The Labute approximate surface area is 189 Å². The fourth-order valence-electron chi connectivity index (χ4n) is 2.99. The number of alkyl halides is 1. The zero-order chi connectivity index (χ0) is 26.2. The lowest BCUT2D eigenvalue weighted by molar-refractivity contribution is -0.186. The summed E-state index contributed by atoms with van der Waals surface area (Å²) in [7, 11) is -17.3. The van der Waals surface area contributed by atoms with Crippen LogP contribution in [0.3, 0.4) is 0 Å². The molecule has 194 valence electrons. The Morgan fingerprint density at radius 1 is 1.24 bits per heavy atom. The van der Waals surface area contributed by atoms with E-state index in [-0.39, 0.29) is 0 Å². The summed E-state index contributed by atoms with van der Waals surface area (Å²) in [5.74, 6) is -0.755. The van der Waals surface area contributed by atoms with Crippen molar-refractivity contribution in [3.63, 3.8) is 0 Å². The first kappa shape index (κ1) is 28.9. The third-order valence-electron chi connectivity index (χ3n) is 4.35. The molecule has 0 spiro atoms. The first-order chi connectivity index (χ1) is 15.4. The minimum Gasteiger partial charge on any atom is -0.386 e. The van der Waals surface area contributed by atoms with Crippen LogP contribution in [0, 0.1) is 0 Å². The summed E-state index contributed by atoms with van der Waals surface area (Å²) in [4.78, 5) is 47.9. The molecule has 2 heterocycles. The van der Waals surface area contributed by atoms with Crippen LogP contribution in [0.1, 0.15) is 0 Å². The maximum absolute atomic E-state index is 14.1. The Bertz CT molecular complexity index is 1030. The summed E-state index contributed by atoms with van der Waals surface area (Å²) in [5, 5.41) is 33.7. The highest BCUT2D eigenvalue weighted by Crippen LogP contribution is 2.66. The molecule has 1 saturated heterocycles. The van der Waals surface area contributed by atoms with Gasteiger partial charge in [-0.05, 0) is 6.08 Å². The molecule has 7 atom stereocenters. The number of aliphatic hydroxyl groups excluding tert-OH is 2. The van der Waals surface area contributed by atoms with Gasteiger partial charge in [0.25, 0.3) is 0 Å². The highest BCUT2D eigenvalue weighted by Gasteiger charge is 2.65. The monoisotopic (exact) mass is 556 g/mol. The van der Waals surface area contributed by atoms with Crippen molar-refractivity contribution in [3.05, 3.63) is 30.7 Å². The van der Waals surface area contributed by atoms with Gasteiger partial charge < -0.3 is 49.8 Å². The Hall–Kier alpha value is -1.29. The van der Waals surface area contributed by atoms with Gasteiger partial charge in [-0.2, -0.15) is 8.62 Å². The van der Waals surface area contributed by atoms with Gasteiger partial charge in [0.2, 0.25) is 12.3 Å². The Balaban J connectivity index is 2.32. The third-order valence-corrected chi connectivity index (χ3v) is 8.13. The second kappa shape index (κ2) is 9.99. The molecule has 3 unspecified atom stereocenters. The molecule has 1 amide bonds. The summed E-state index contributed by atoms with van der Waals surface area (Å²) in [6, 6.07) is 0. The molecule has 2 aliphatic heterocycles. The van der Waals surface area contributed by atoms with E-state index in [2.05, 4.69) is 25.5 Å². The van der Waals surface area contributed by atoms with Crippen LogP contribution in [0.15, 0.2) is 30.7 Å². The SMILES string of the molecule is C=C=C[C@@]1(O)[C@H](O)[C@@](CF)(COP(=O)(O)OP(=O)(O)OP(=O)(O)O)O[C@H]1N1C=CC(=O)NC1O. The number of nitrogens with one attached hydrogen (secondary N) is 1. The van der Waals surface area contributed by atoms with Crippen molar-refractivity contribution in [2.75, 3.05) is 13.3 Å². The molecule has 0 aliphatic carbocycles. The van der Waals surface area contributed by atoms with Gasteiger partial charge in [-0.3, -0.25) is 9.32 Å². The molecule has 0 aromatic heterocycles. The Morgan fingerprint density at radius 3 is 2.35 bits per heavy atom. The van der Waals surface area contributed by atoms with Gasteiger partial charge in [-0.15, -0.1) is 5.73 Å². The van der Waals surface area contributed by atoms with Crippen molar-refractivity contribution < 1.29 is 75.7 Å². The van der Waals surface area contributed by atoms with Gasteiger partial charge in [0.1, 0.15) is 12.8 Å². The van der Waals surface area contributed by atoms with Crippen LogP contribution in [0.5, 0.6) is 0 Å². The van der Waals surface area contributed by atoms with E-state index in [0.29, 0.717) is 6.08 Å². The number of rotatable bonds is 10. The van der Waals surface area contributed by atoms with E-state index in [0.717, 1.165) is 17.2 Å². The number of phosphoric acid groups is 3. The molecule has 0 radical (unpaired) electrons. The second-order valence-electron chi connectivity index (χ2n) is 6.82. The van der Waals surface area contributed by atoms with Crippen molar-refractivity contribution in [2.24, 2.45) is 0 Å². The lowest BCUT2D eigenvalue weighted by atomic mass is 9.86. The van der Waals surface area contributed by atoms with E-state index in [1.807, 2.05) is 5.32 Å². The van der Waals surface area contributed by atoms with Gasteiger partial charge >= 0.3 is 23.5 Å². The maximum Gasteiger partial charge on any atom is 0.490 e. The minimum atomic E-state index is -5.89. The minimum absolute atomic E-state index is 0.710. The van der Waals surface area contributed by atoms with Gasteiger partial charge in [0.15, 0.2) is 17.4 Å². The molecule has 21 heteroatoms. The molecule has 0 aromatic carbocycles. The van der Waals surface area contributed by atoms with E-state index in [1.165, 1.54) is 0 Å². The fourth-order valence-corrected chi connectivity index (χ4v) is 6.07. The number of nitrogens with zero attached hydrogens (tertiary/aromatic N) is 1. The van der Waals surface area contributed by atoms with Gasteiger partial charge in [-0.1, -0.05) is 6.58 Å². The average molecular weight is 556 g/mol. The average Bonchev–Trinajstić information content (AvgIpc) is 2.86. The predicted octanol–water partition coefficient (Wildman–Crippen LogP) is -1.95. The lowest BCUT2D eigenvalue weighted by Gasteiger charge is -2.39. The molecule has 1 fully saturated rings. The van der Waals surface area contributed by atoms with Crippen LogP contribution in [0.2, 0.25) is 0 Å². The summed E-state index contributed by atoms with van der Waals surface area (Å²) in [6.45, 7) is -0.0155. The summed E-state index contributed by atoms with van der Waals surface area (Å²) >= 11 is 0. The number of phosphoric ester groups is 1. The first-order valence-corrected chi connectivity index (χ1v) is 13.2. The molecule has 8 N–H and O–H groups in total. The van der Waals surface area contributed by atoms with Crippen molar-refractivity contribution in [3.8, 4) is 0 Å². The molecule has 34 heavy (non-hydrogen) atoms. The van der Waals surface area contributed by atoms with Crippen molar-refractivity contribution in [1.82, 2.24) is 10.2 Å². The molecule has 2 aliphatic rings. The Morgan fingerprint density at radius 2 is 1.85 bits per heavy atom. The molecule has 0 bridgehead atoms. The fraction of sp³-hybridized carbons (Fsp3) is 0.538. The van der Waals surface area contributed by atoms with Crippen LogP contribution in [-0.4, -0.2) is 88.9 Å². The van der Waals surface area contributed by atoms with Gasteiger partial charge in [-0.25, -0.2) is 18.1 Å². The normalized spacial score (nSPS) is 35.2. The van der Waals surface area contributed by atoms with E-state index in [9.17, 15) is 48.0 Å². The number of carbonyl (C=O) groups excluding carboxylic acids is 1. The quantitative estimate of drug-likeness (QED) is 0.107. The maximum atomic E-state index is 14.1.